The molecule has 1 atom stereocenters. The standard InChI is InChI=1S/C17H24N4O2/c18-17(23)14-2-1-8-20(11-14)10-13-3-5-15(6-4-13)21-9-7-19-16(22)12-21/h3-6,14H,1-2,7-12H2,(H2,18,23)(H,19,22)/t14-/m0/s1. The zero-order chi connectivity index (χ0) is 16.2. The van der Waals surface area contributed by atoms with Gasteiger partial charge in [-0.15, -0.1) is 0 Å². The molecule has 1 aromatic rings. The molecule has 2 amide bonds. The lowest BCUT2D eigenvalue weighted by molar-refractivity contribution is -0.123. The van der Waals surface area contributed by atoms with Crippen molar-refractivity contribution in [1.29, 1.82) is 0 Å². The molecular formula is C17H24N4O2. The Morgan fingerprint density at radius 3 is 2.74 bits per heavy atom. The molecule has 23 heavy (non-hydrogen) atoms. The van der Waals surface area contributed by atoms with Gasteiger partial charge in [-0.05, 0) is 37.1 Å². The van der Waals surface area contributed by atoms with Crippen LogP contribution in [0.4, 0.5) is 5.69 Å². The Hall–Kier alpha value is -2.08. The Bertz CT molecular complexity index is 572. The van der Waals surface area contributed by atoms with E-state index in [0.29, 0.717) is 13.1 Å². The Balaban J connectivity index is 1.59. The van der Waals surface area contributed by atoms with Crippen molar-refractivity contribution >= 4 is 17.5 Å². The SMILES string of the molecule is NC(=O)[C@H]1CCCN(Cc2ccc(N3CCNC(=O)C3)cc2)C1. The molecule has 3 N–H and O–H groups in total. The topological polar surface area (TPSA) is 78.7 Å². The minimum atomic E-state index is -0.187. The number of carbonyl (C=O) groups excluding carboxylic acids is 2. The first kappa shape index (κ1) is 15.8. The van der Waals surface area contributed by atoms with Crippen LogP contribution in [0.1, 0.15) is 18.4 Å². The van der Waals surface area contributed by atoms with Crippen molar-refractivity contribution < 1.29 is 9.59 Å². The van der Waals surface area contributed by atoms with E-state index in [0.717, 1.165) is 44.7 Å². The van der Waals surface area contributed by atoms with Crippen LogP contribution in [0.15, 0.2) is 24.3 Å². The van der Waals surface area contributed by atoms with Crippen LogP contribution in [0.5, 0.6) is 0 Å². The van der Waals surface area contributed by atoms with Gasteiger partial charge in [0.15, 0.2) is 0 Å². The molecule has 0 radical (unpaired) electrons. The molecule has 6 nitrogen and oxygen atoms in total. The summed E-state index contributed by atoms with van der Waals surface area (Å²) in [6, 6.07) is 8.36. The summed E-state index contributed by atoms with van der Waals surface area (Å²) in [4.78, 5) is 27.2. The van der Waals surface area contributed by atoms with Crippen LogP contribution in [-0.4, -0.2) is 49.4 Å². The van der Waals surface area contributed by atoms with E-state index in [9.17, 15) is 9.59 Å². The molecule has 2 aliphatic rings. The van der Waals surface area contributed by atoms with Crippen LogP contribution >= 0.6 is 0 Å². The van der Waals surface area contributed by atoms with Gasteiger partial charge in [0.2, 0.25) is 11.8 Å². The van der Waals surface area contributed by atoms with Crippen LogP contribution in [0, 0.1) is 5.92 Å². The molecule has 0 spiro atoms. The molecule has 0 saturated carbocycles. The highest BCUT2D eigenvalue weighted by atomic mass is 16.2. The maximum absolute atomic E-state index is 11.5. The number of nitrogens with two attached hydrogens (primary N) is 1. The highest BCUT2D eigenvalue weighted by molar-refractivity contribution is 5.82. The molecule has 2 aliphatic heterocycles. The zero-order valence-corrected chi connectivity index (χ0v) is 13.3. The summed E-state index contributed by atoms with van der Waals surface area (Å²) >= 11 is 0. The number of piperidine rings is 1. The predicted octanol–water partition coefficient (Wildman–Crippen LogP) is 0.320. The van der Waals surface area contributed by atoms with E-state index in [4.69, 9.17) is 5.73 Å². The Morgan fingerprint density at radius 2 is 2.04 bits per heavy atom. The lowest BCUT2D eigenvalue weighted by Crippen LogP contribution is -2.47. The highest BCUT2D eigenvalue weighted by Crippen LogP contribution is 2.20. The minimum Gasteiger partial charge on any atom is -0.369 e. The first-order chi connectivity index (χ1) is 11.1. The second kappa shape index (κ2) is 7.00. The van der Waals surface area contributed by atoms with Gasteiger partial charge in [-0.2, -0.15) is 0 Å². The third kappa shape index (κ3) is 4.01. The van der Waals surface area contributed by atoms with Gasteiger partial charge in [0.05, 0.1) is 12.5 Å². The van der Waals surface area contributed by atoms with E-state index < -0.39 is 0 Å². The second-order valence-electron chi connectivity index (χ2n) is 6.41. The van der Waals surface area contributed by atoms with E-state index in [1.54, 1.807) is 0 Å². The smallest absolute Gasteiger partial charge is 0.239 e. The molecule has 124 valence electrons. The summed E-state index contributed by atoms with van der Waals surface area (Å²) < 4.78 is 0. The van der Waals surface area contributed by atoms with Gasteiger partial charge in [-0.3, -0.25) is 14.5 Å². The Labute approximate surface area is 136 Å². The molecule has 2 heterocycles. The lowest BCUT2D eigenvalue weighted by atomic mass is 9.97. The molecule has 6 heteroatoms. The van der Waals surface area contributed by atoms with Crippen LogP contribution < -0.4 is 16.0 Å². The number of primary amides is 1. The van der Waals surface area contributed by atoms with Crippen molar-refractivity contribution in [3.8, 4) is 0 Å². The van der Waals surface area contributed by atoms with Gasteiger partial charge in [0.1, 0.15) is 0 Å². The number of nitrogens with zero attached hydrogens (tertiary/aromatic N) is 2. The zero-order valence-electron chi connectivity index (χ0n) is 13.3. The maximum Gasteiger partial charge on any atom is 0.239 e. The van der Waals surface area contributed by atoms with Crippen LogP contribution in [0.3, 0.4) is 0 Å². The molecule has 0 bridgehead atoms. The number of hydrogen-bond donors (Lipinski definition) is 2. The fraction of sp³-hybridized carbons (Fsp3) is 0.529. The minimum absolute atomic E-state index is 0.0186. The van der Waals surface area contributed by atoms with Crippen molar-refractivity contribution in [2.45, 2.75) is 19.4 Å². The van der Waals surface area contributed by atoms with E-state index in [-0.39, 0.29) is 17.7 Å². The number of carbonyl (C=O) groups is 2. The van der Waals surface area contributed by atoms with Crippen molar-refractivity contribution in [2.75, 3.05) is 37.6 Å². The highest BCUT2D eigenvalue weighted by Gasteiger charge is 2.24. The van der Waals surface area contributed by atoms with E-state index in [2.05, 4.69) is 39.4 Å². The first-order valence-corrected chi connectivity index (χ1v) is 8.24. The molecule has 3 rings (SSSR count). The summed E-state index contributed by atoms with van der Waals surface area (Å²) in [6.45, 7) is 4.57. The number of likely N-dealkylation sites (tertiary alicyclic amines) is 1. The van der Waals surface area contributed by atoms with Crippen LogP contribution in [0.25, 0.3) is 0 Å². The van der Waals surface area contributed by atoms with Gasteiger partial charge in [-0.1, -0.05) is 12.1 Å². The number of hydrogen-bond acceptors (Lipinski definition) is 4. The van der Waals surface area contributed by atoms with E-state index in [1.165, 1.54) is 5.56 Å². The summed E-state index contributed by atoms with van der Waals surface area (Å²) in [6.07, 6.45) is 1.93. The lowest BCUT2D eigenvalue weighted by Gasteiger charge is -2.31. The van der Waals surface area contributed by atoms with Gasteiger partial charge in [0.25, 0.3) is 0 Å². The summed E-state index contributed by atoms with van der Waals surface area (Å²) in [7, 11) is 0. The van der Waals surface area contributed by atoms with Gasteiger partial charge >= 0.3 is 0 Å². The number of benzene rings is 1. The van der Waals surface area contributed by atoms with Gasteiger partial charge in [0, 0.05) is 31.9 Å². The Kier molecular flexibility index (Phi) is 4.81. The molecule has 2 fully saturated rings. The fourth-order valence-electron chi connectivity index (χ4n) is 3.36. The molecule has 0 unspecified atom stereocenters. The van der Waals surface area contributed by atoms with Crippen LogP contribution in [0.2, 0.25) is 0 Å². The van der Waals surface area contributed by atoms with Crippen molar-refractivity contribution in [2.24, 2.45) is 11.7 Å². The molecule has 1 aromatic carbocycles. The normalized spacial score (nSPS) is 22.7. The maximum atomic E-state index is 11.5. The third-order valence-electron chi connectivity index (χ3n) is 4.65. The van der Waals surface area contributed by atoms with Crippen molar-refractivity contribution in [3.63, 3.8) is 0 Å². The quantitative estimate of drug-likeness (QED) is 0.838. The number of rotatable bonds is 4. The van der Waals surface area contributed by atoms with Crippen LogP contribution in [-0.2, 0) is 16.1 Å². The number of piperazine rings is 1. The average Bonchev–Trinajstić information content (AvgIpc) is 2.56. The monoisotopic (exact) mass is 316 g/mol. The van der Waals surface area contributed by atoms with E-state index in [1.807, 2.05) is 0 Å². The van der Waals surface area contributed by atoms with Crippen molar-refractivity contribution in [3.05, 3.63) is 29.8 Å². The predicted molar refractivity (Wildman–Crippen MR) is 88.9 cm³/mol. The summed E-state index contributed by atoms with van der Waals surface area (Å²) in [5, 5.41) is 2.84. The molecular weight excluding hydrogens is 292 g/mol. The van der Waals surface area contributed by atoms with Crippen molar-refractivity contribution in [1.82, 2.24) is 10.2 Å². The van der Waals surface area contributed by atoms with Gasteiger partial charge in [-0.25, -0.2) is 0 Å². The summed E-state index contributed by atoms with van der Waals surface area (Å²) in [5.41, 5.74) is 7.74. The molecule has 2 saturated heterocycles. The second-order valence-corrected chi connectivity index (χ2v) is 6.41. The average molecular weight is 316 g/mol. The van der Waals surface area contributed by atoms with E-state index >= 15 is 0 Å². The molecule has 0 aliphatic carbocycles. The number of nitrogens with one attached hydrogen (secondary N) is 1. The number of amides is 2. The summed E-state index contributed by atoms with van der Waals surface area (Å²) in [5.74, 6) is -0.130. The Morgan fingerprint density at radius 1 is 1.26 bits per heavy atom. The number of anilines is 1. The third-order valence-corrected chi connectivity index (χ3v) is 4.65. The van der Waals surface area contributed by atoms with Gasteiger partial charge < -0.3 is 16.0 Å². The largest absolute Gasteiger partial charge is 0.369 e. The molecule has 0 aromatic heterocycles. The fourth-order valence-corrected chi connectivity index (χ4v) is 3.36. The first-order valence-electron chi connectivity index (χ1n) is 8.24.